The van der Waals surface area contributed by atoms with Gasteiger partial charge in [0.15, 0.2) is 12.6 Å². The Hall–Kier alpha value is -1.30. The van der Waals surface area contributed by atoms with Gasteiger partial charge in [-0.2, -0.15) is 13.2 Å². The zero-order chi connectivity index (χ0) is 20.4. The Labute approximate surface area is 187 Å². The summed E-state index contributed by atoms with van der Waals surface area (Å²) in [5.41, 5.74) is 0.539. The van der Waals surface area contributed by atoms with Crippen LogP contribution < -0.4 is 15.4 Å². The van der Waals surface area contributed by atoms with Crippen LogP contribution in [0, 0.1) is 0 Å². The van der Waals surface area contributed by atoms with Crippen molar-refractivity contribution in [2.24, 2.45) is 4.99 Å². The monoisotopic (exact) mass is 529 g/mol. The lowest BCUT2D eigenvalue weighted by molar-refractivity contribution is -0.154. The number of piperidine rings is 1. The summed E-state index contributed by atoms with van der Waals surface area (Å²) in [6, 6.07) is 3.98. The molecule has 1 aromatic rings. The topological polar surface area (TPSA) is 61.8 Å². The van der Waals surface area contributed by atoms with Crippen molar-refractivity contribution in [2.75, 3.05) is 33.3 Å². The van der Waals surface area contributed by atoms with Crippen molar-refractivity contribution in [3.8, 4) is 5.88 Å². The number of ether oxygens (including phenoxy) is 1. The maximum Gasteiger partial charge on any atom is 0.422 e. The van der Waals surface area contributed by atoms with E-state index in [0.717, 1.165) is 26.1 Å². The molecule has 2 rings (SSSR count). The molecular formula is C19H31F3IN5O. The molecule has 1 unspecified atom stereocenters. The average Bonchev–Trinajstić information content (AvgIpc) is 2.67. The number of aromatic nitrogens is 1. The van der Waals surface area contributed by atoms with E-state index in [4.69, 9.17) is 4.74 Å². The second-order valence-electron chi connectivity index (χ2n) is 6.96. The van der Waals surface area contributed by atoms with E-state index in [1.807, 2.05) is 0 Å². The number of rotatable bonds is 8. The molecule has 1 aliphatic heterocycles. The van der Waals surface area contributed by atoms with Crippen molar-refractivity contribution < 1.29 is 17.9 Å². The normalized spacial score (nSPS) is 18.1. The number of alkyl halides is 3. The van der Waals surface area contributed by atoms with Gasteiger partial charge in [-0.1, -0.05) is 12.5 Å². The minimum atomic E-state index is -4.40. The zero-order valence-corrected chi connectivity index (χ0v) is 19.3. The van der Waals surface area contributed by atoms with E-state index in [1.165, 1.54) is 25.5 Å². The second kappa shape index (κ2) is 13.1. The minimum Gasteiger partial charge on any atom is -0.468 e. The number of likely N-dealkylation sites (tertiary alicyclic amines) is 1. The van der Waals surface area contributed by atoms with Crippen LogP contribution in [0.3, 0.4) is 0 Å². The van der Waals surface area contributed by atoms with E-state index in [0.29, 0.717) is 17.6 Å². The predicted molar refractivity (Wildman–Crippen MR) is 119 cm³/mol. The van der Waals surface area contributed by atoms with Crippen LogP contribution in [0.5, 0.6) is 5.88 Å². The molecule has 1 aliphatic rings. The average molecular weight is 529 g/mol. The van der Waals surface area contributed by atoms with Gasteiger partial charge in [-0.05, 0) is 38.8 Å². The van der Waals surface area contributed by atoms with Crippen molar-refractivity contribution in [1.82, 2.24) is 20.5 Å². The molecule has 166 valence electrons. The third-order valence-corrected chi connectivity index (χ3v) is 4.75. The Kier molecular flexibility index (Phi) is 11.6. The Balaban J connectivity index is 0.00000420. The third-order valence-electron chi connectivity index (χ3n) is 4.75. The van der Waals surface area contributed by atoms with Crippen LogP contribution in [0.2, 0.25) is 0 Å². The lowest BCUT2D eigenvalue weighted by Crippen LogP contribution is -2.41. The van der Waals surface area contributed by atoms with Gasteiger partial charge in [-0.3, -0.25) is 4.99 Å². The molecule has 0 saturated carbocycles. The van der Waals surface area contributed by atoms with Gasteiger partial charge in [-0.15, -0.1) is 24.0 Å². The Bertz CT molecular complexity index is 630. The lowest BCUT2D eigenvalue weighted by atomic mass is 10.0. The number of nitrogens with one attached hydrogen (secondary N) is 2. The molecule has 1 atom stereocenters. The van der Waals surface area contributed by atoms with Crippen LogP contribution in [0.25, 0.3) is 0 Å². The summed E-state index contributed by atoms with van der Waals surface area (Å²) < 4.78 is 41.9. The van der Waals surface area contributed by atoms with Crippen molar-refractivity contribution in [2.45, 2.75) is 51.4 Å². The summed E-state index contributed by atoms with van der Waals surface area (Å²) in [7, 11) is 1.66. The Morgan fingerprint density at radius 3 is 2.83 bits per heavy atom. The highest BCUT2D eigenvalue weighted by Crippen LogP contribution is 2.20. The number of nitrogens with zero attached hydrogens (tertiary/aromatic N) is 3. The van der Waals surface area contributed by atoms with Gasteiger partial charge in [0.1, 0.15) is 0 Å². The largest absolute Gasteiger partial charge is 0.468 e. The molecule has 2 N–H and O–H groups in total. The number of halogens is 4. The number of pyridine rings is 1. The fourth-order valence-corrected chi connectivity index (χ4v) is 3.22. The fraction of sp³-hybridized carbons (Fsp3) is 0.684. The highest BCUT2D eigenvalue weighted by molar-refractivity contribution is 14.0. The number of aliphatic imine (C=N–C) groups is 1. The molecule has 2 heterocycles. The van der Waals surface area contributed by atoms with Gasteiger partial charge in [0, 0.05) is 44.5 Å². The fourth-order valence-electron chi connectivity index (χ4n) is 3.22. The van der Waals surface area contributed by atoms with Crippen molar-refractivity contribution >= 4 is 29.9 Å². The standard InChI is InChI=1S/C19H30F3N5O.HI/c1-15-7-3-4-11-27(15)12-6-10-25-18(23-2)26-13-16-8-5-9-24-17(16)28-14-19(20,21)22;/h5,8-9,15H,3-4,6-7,10-14H2,1-2H3,(H2,23,25,26);1H. The quantitative estimate of drug-likeness (QED) is 0.234. The first kappa shape index (κ1) is 25.7. The lowest BCUT2D eigenvalue weighted by Gasteiger charge is -2.33. The van der Waals surface area contributed by atoms with Gasteiger partial charge in [0.25, 0.3) is 0 Å². The molecule has 0 amide bonds. The first-order valence-electron chi connectivity index (χ1n) is 9.71. The molecule has 0 aromatic carbocycles. The molecule has 0 spiro atoms. The first-order chi connectivity index (χ1) is 13.4. The van der Waals surface area contributed by atoms with Crippen LogP contribution in [0.1, 0.15) is 38.2 Å². The molecule has 1 aromatic heterocycles. The second-order valence-corrected chi connectivity index (χ2v) is 6.96. The summed E-state index contributed by atoms with van der Waals surface area (Å²) in [5, 5.41) is 6.34. The molecule has 0 aliphatic carbocycles. The van der Waals surface area contributed by atoms with Crippen LogP contribution in [0.4, 0.5) is 13.2 Å². The molecule has 10 heteroatoms. The SMILES string of the molecule is CN=C(NCCCN1CCCCC1C)NCc1cccnc1OCC(F)(F)F.I. The zero-order valence-electron chi connectivity index (χ0n) is 17.0. The summed E-state index contributed by atoms with van der Waals surface area (Å²) >= 11 is 0. The first-order valence-corrected chi connectivity index (χ1v) is 9.71. The molecule has 6 nitrogen and oxygen atoms in total. The summed E-state index contributed by atoms with van der Waals surface area (Å²) in [4.78, 5) is 10.6. The van der Waals surface area contributed by atoms with Crippen molar-refractivity contribution in [3.05, 3.63) is 23.9 Å². The van der Waals surface area contributed by atoms with Crippen LogP contribution in [0.15, 0.2) is 23.3 Å². The van der Waals surface area contributed by atoms with E-state index < -0.39 is 12.8 Å². The molecular weight excluding hydrogens is 498 g/mol. The minimum absolute atomic E-state index is 0. The van der Waals surface area contributed by atoms with Crippen LogP contribution >= 0.6 is 24.0 Å². The number of hydrogen-bond acceptors (Lipinski definition) is 4. The van der Waals surface area contributed by atoms with Gasteiger partial charge >= 0.3 is 6.18 Å². The van der Waals surface area contributed by atoms with Crippen LogP contribution in [-0.4, -0.2) is 61.4 Å². The van der Waals surface area contributed by atoms with E-state index in [1.54, 1.807) is 19.2 Å². The third kappa shape index (κ3) is 9.83. The molecule has 29 heavy (non-hydrogen) atoms. The maximum absolute atomic E-state index is 12.4. The van der Waals surface area contributed by atoms with Crippen LogP contribution in [-0.2, 0) is 6.54 Å². The van der Waals surface area contributed by atoms with Gasteiger partial charge in [-0.25, -0.2) is 4.98 Å². The Morgan fingerprint density at radius 2 is 2.14 bits per heavy atom. The molecule has 0 radical (unpaired) electrons. The molecule has 0 bridgehead atoms. The highest BCUT2D eigenvalue weighted by Gasteiger charge is 2.29. The van der Waals surface area contributed by atoms with Gasteiger partial charge in [0.05, 0.1) is 0 Å². The Morgan fingerprint density at radius 1 is 1.34 bits per heavy atom. The van der Waals surface area contributed by atoms with E-state index in [2.05, 4.69) is 32.4 Å². The van der Waals surface area contributed by atoms with Gasteiger partial charge < -0.3 is 20.3 Å². The van der Waals surface area contributed by atoms with E-state index in [-0.39, 0.29) is 36.4 Å². The molecule has 1 fully saturated rings. The number of hydrogen-bond donors (Lipinski definition) is 2. The van der Waals surface area contributed by atoms with Crippen molar-refractivity contribution in [3.63, 3.8) is 0 Å². The van der Waals surface area contributed by atoms with Crippen molar-refractivity contribution in [1.29, 1.82) is 0 Å². The molecule has 1 saturated heterocycles. The summed E-state index contributed by atoms with van der Waals surface area (Å²) in [5.74, 6) is 0.569. The van der Waals surface area contributed by atoms with E-state index >= 15 is 0 Å². The summed E-state index contributed by atoms with van der Waals surface area (Å²) in [6.07, 6.45) is 1.86. The number of guanidine groups is 1. The van der Waals surface area contributed by atoms with Gasteiger partial charge in [0.2, 0.25) is 5.88 Å². The maximum atomic E-state index is 12.4. The predicted octanol–water partition coefficient (Wildman–Crippen LogP) is 3.57. The highest BCUT2D eigenvalue weighted by atomic mass is 127. The smallest absolute Gasteiger partial charge is 0.422 e. The van der Waals surface area contributed by atoms with E-state index in [9.17, 15) is 13.2 Å². The summed E-state index contributed by atoms with van der Waals surface area (Å²) in [6.45, 7) is 4.16.